The number of aromatic amines is 1. The van der Waals surface area contributed by atoms with Crippen LogP contribution in [0.5, 0.6) is 5.88 Å². The largest absolute Gasteiger partial charge is 0.493 e. The number of thiophene rings is 1. The SMILES string of the molecule is CC(C)c1ccc2[nH]c(O)c(N=NC(=O)c3ccccc3NS(=O)(=O)c3cccs3)c2c1. The van der Waals surface area contributed by atoms with Crippen LogP contribution in [0.1, 0.15) is 35.7 Å². The Bertz CT molecular complexity index is 1420. The number of carbonyl (C=O) groups excluding carboxylic acids is 1. The van der Waals surface area contributed by atoms with Crippen molar-refractivity contribution in [2.75, 3.05) is 4.72 Å². The number of rotatable bonds is 6. The third kappa shape index (κ3) is 4.27. The zero-order valence-corrected chi connectivity index (χ0v) is 18.9. The Labute approximate surface area is 188 Å². The number of H-pyrrole nitrogens is 1. The van der Waals surface area contributed by atoms with Gasteiger partial charge in [0.15, 0.2) is 5.69 Å². The lowest BCUT2D eigenvalue weighted by atomic mass is 10.0. The van der Waals surface area contributed by atoms with E-state index in [2.05, 4.69) is 19.9 Å². The van der Waals surface area contributed by atoms with E-state index < -0.39 is 15.9 Å². The smallest absolute Gasteiger partial charge is 0.297 e. The molecule has 0 saturated heterocycles. The summed E-state index contributed by atoms with van der Waals surface area (Å²) in [5.74, 6) is -0.682. The Morgan fingerprint density at radius 2 is 1.91 bits per heavy atom. The summed E-state index contributed by atoms with van der Waals surface area (Å²) in [6.07, 6.45) is 0. The van der Waals surface area contributed by atoms with Crippen LogP contribution in [0.4, 0.5) is 11.4 Å². The predicted molar refractivity (Wildman–Crippen MR) is 124 cm³/mol. The van der Waals surface area contributed by atoms with Crippen LogP contribution in [0.3, 0.4) is 0 Å². The van der Waals surface area contributed by atoms with Crippen molar-refractivity contribution >= 4 is 49.5 Å². The highest BCUT2D eigenvalue weighted by atomic mass is 32.2. The van der Waals surface area contributed by atoms with Gasteiger partial charge >= 0.3 is 0 Å². The van der Waals surface area contributed by atoms with Crippen molar-refractivity contribution in [3.63, 3.8) is 0 Å². The van der Waals surface area contributed by atoms with Gasteiger partial charge in [-0.05, 0) is 47.2 Å². The van der Waals surface area contributed by atoms with Crippen LogP contribution in [-0.4, -0.2) is 24.4 Å². The lowest BCUT2D eigenvalue weighted by Gasteiger charge is -2.09. The maximum atomic E-state index is 12.8. The maximum Gasteiger partial charge on any atom is 0.297 e. The standard InChI is InChI=1S/C22H20N4O4S2/c1-13(2)14-9-10-17-16(12-14)20(22(28)23-17)24-25-21(27)15-6-3-4-7-18(15)26-32(29,30)19-8-5-11-31-19/h3-13,23,26,28H,1-2H3. The molecule has 2 aromatic heterocycles. The summed E-state index contributed by atoms with van der Waals surface area (Å²) in [4.78, 5) is 15.6. The highest BCUT2D eigenvalue weighted by Crippen LogP contribution is 2.37. The molecule has 0 radical (unpaired) electrons. The molecule has 0 atom stereocenters. The molecular weight excluding hydrogens is 448 g/mol. The molecule has 2 heterocycles. The van der Waals surface area contributed by atoms with E-state index in [0.29, 0.717) is 10.9 Å². The Morgan fingerprint density at radius 3 is 2.62 bits per heavy atom. The number of para-hydroxylation sites is 1. The first kappa shape index (κ1) is 21.7. The van der Waals surface area contributed by atoms with E-state index in [4.69, 9.17) is 0 Å². The molecule has 0 unspecified atom stereocenters. The van der Waals surface area contributed by atoms with Crippen LogP contribution in [0.15, 0.2) is 74.4 Å². The Hall–Kier alpha value is -3.50. The van der Waals surface area contributed by atoms with Crippen molar-refractivity contribution in [3.05, 3.63) is 71.1 Å². The van der Waals surface area contributed by atoms with Gasteiger partial charge in [-0.3, -0.25) is 9.52 Å². The van der Waals surface area contributed by atoms with Gasteiger partial charge in [-0.2, -0.15) is 0 Å². The number of amides is 1. The third-order valence-corrected chi connectivity index (χ3v) is 7.61. The van der Waals surface area contributed by atoms with Gasteiger partial charge in [0.25, 0.3) is 15.9 Å². The van der Waals surface area contributed by atoms with E-state index in [0.717, 1.165) is 16.9 Å². The molecule has 4 rings (SSSR count). The van der Waals surface area contributed by atoms with E-state index >= 15 is 0 Å². The molecule has 32 heavy (non-hydrogen) atoms. The molecule has 164 valence electrons. The van der Waals surface area contributed by atoms with Crippen LogP contribution in [-0.2, 0) is 10.0 Å². The molecule has 1 amide bonds. The van der Waals surface area contributed by atoms with Gasteiger partial charge in [-0.1, -0.05) is 38.1 Å². The molecule has 8 nitrogen and oxygen atoms in total. The summed E-state index contributed by atoms with van der Waals surface area (Å²) < 4.78 is 27.7. The number of aromatic nitrogens is 1. The summed E-state index contributed by atoms with van der Waals surface area (Å²) in [6, 6.07) is 14.9. The average Bonchev–Trinajstić information content (AvgIpc) is 3.40. The molecule has 0 saturated carbocycles. The van der Waals surface area contributed by atoms with Gasteiger partial charge in [-0.15, -0.1) is 21.6 Å². The minimum absolute atomic E-state index is 0.0404. The van der Waals surface area contributed by atoms with Crippen molar-refractivity contribution in [2.45, 2.75) is 24.0 Å². The molecule has 0 aliphatic rings. The number of nitrogens with one attached hydrogen (secondary N) is 2. The zero-order chi connectivity index (χ0) is 22.9. The van der Waals surface area contributed by atoms with Gasteiger partial charge < -0.3 is 10.1 Å². The summed E-state index contributed by atoms with van der Waals surface area (Å²) in [7, 11) is -3.83. The second-order valence-corrected chi connectivity index (χ2v) is 10.2. The minimum atomic E-state index is -3.83. The van der Waals surface area contributed by atoms with Gasteiger partial charge in [0.2, 0.25) is 5.88 Å². The molecule has 3 N–H and O–H groups in total. The van der Waals surface area contributed by atoms with Gasteiger partial charge in [0.05, 0.1) is 16.8 Å². The molecule has 0 aliphatic heterocycles. The third-order valence-electron chi connectivity index (χ3n) is 4.85. The van der Waals surface area contributed by atoms with Gasteiger partial charge in [0, 0.05) is 5.39 Å². The molecule has 2 aromatic carbocycles. The molecule has 4 aromatic rings. The first-order valence-corrected chi connectivity index (χ1v) is 12.1. The Kier molecular flexibility index (Phi) is 5.81. The van der Waals surface area contributed by atoms with Crippen molar-refractivity contribution in [1.29, 1.82) is 0 Å². The number of hydrogen-bond acceptors (Lipinski definition) is 6. The number of sulfonamides is 1. The Morgan fingerprint density at radius 1 is 1.12 bits per heavy atom. The number of aromatic hydroxyl groups is 1. The maximum absolute atomic E-state index is 12.8. The zero-order valence-electron chi connectivity index (χ0n) is 17.2. The molecule has 0 bridgehead atoms. The minimum Gasteiger partial charge on any atom is -0.493 e. The summed E-state index contributed by atoms with van der Waals surface area (Å²) in [6.45, 7) is 4.10. The van der Waals surface area contributed by atoms with Crippen molar-refractivity contribution in [2.24, 2.45) is 10.2 Å². The second kappa shape index (κ2) is 8.56. The average molecular weight is 469 g/mol. The number of carbonyl (C=O) groups is 1. The number of anilines is 1. The Balaban J connectivity index is 1.66. The number of hydrogen-bond donors (Lipinski definition) is 3. The summed E-state index contributed by atoms with van der Waals surface area (Å²) in [5.41, 5.74) is 1.99. The number of nitrogens with zero attached hydrogens (tertiary/aromatic N) is 2. The number of fused-ring (bicyclic) bond motifs is 1. The fourth-order valence-electron chi connectivity index (χ4n) is 3.16. The van der Waals surface area contributed by atoms with Crippen molar-refractivity contribution in [1.82, 2.24) is 4.98 Å². The van der Waals surface area contributed by atoms with Crippen LogP contribution in [0.25, 0.3) is 10.9 Å². The molecule has 0 aliphatic carbocycles. The van der Waals surface area contributed by atoms with E-state index in [1.165, 1.54) is 18.2 Å². The fourth-order valence-corrected chi connectivity index (χ4v) is 5.23. The molecular formula is C22H20N4O4S2. The van der Waals surface area contributed by atoms with Crippen LogP contribution >= 0.6 is 11.3 Å². The normalized spacial score (nSPS) is 12.1. The number of benzene rings is 2. The predicted octanol–water partition coefficient (Wildman–Crippen LogP) is 5.78. The van der Waals surface area contributed by atoms with E-state index in [9.17, 15) is 18.3 Å². The fraction of sp³-hybridized carbons (Fsp3) is 0.136. The summed E-state index contributed by atoms with van der Waals surface area (Å²) in [5, 5.41) is 20.3. The van der Waals surface area contributed by atoms with Crippen molar-refractivity contribution in [3.8, 4) is 5.88 Å². The van der Waals surface area contributed by atoms with E-state index in [1.54, 1.807) is 23.6 Å². The molecule has 0 fully saturated rings. The highest BCUT2D eigenvalue weighted by molar-refractivity contribution is 7.94. The topological polar surface area (TPSA) is 124 Å². The molecule has 0 spiro atoms. The number of azo groups is 1. The van der Waals surface area contributed by atoms with E-state index in [-0.39, 0.29) is 32.9 Å². The highest BCUT2D eigenvalue weighted by Gasteiger charge is 2.20. The summed E-state index contributed by atoms with van der Waals surface area (Å²) >= 11 is 1.07. The van der Waals surface area contributed by atoms with Crippen molar-refractivity contribution < 1.29 is 18.3 Å². The monoisotopic (exact) mass is 468 g/mol. The quantitative estimate of drug-likeness (QED) is 0.310. The van der Waals surface area contributed by atoms with Gasteiger partial charge in [0.1, 0.15) is 4.21 Å². The van der Waals surface area contributed by atoms with Crippen LogP contribution in [0, 0.1) is 0 Å². The molecule has 10 heteroatoms. The van der Waals surface area contributed by atoms with Gasteiger partial charge in [-0.25, -0.2) is 8.42 Å². The lowest BCUT2D eigenvalue weighted by molar-refractivity contribution is 0.0996. The van der Waals surface area contributed by atoms with Crippen LogP contribution < -0.4 is 4.72 Å². The van der Waals surface area contributed by atoms with Crippen LogP contribution in [0.2, 0.25) is 0 Å². The van der Waals surface area contributed by atoms with E-state index in [1.807, 2.05) is 32.0 Å². The second-order valence-electron chi connectivity index (χ2n) is 7.37. The lowest BCUT2D eigenvalue weighted by Crippen LogP contribution is -2.14. The first-order chi connectivity index (χ1) is 15.3. The first-order valence-electron chi connectivity index (χ1n) is 9.72.